The van der Waals surface area contributed by atoms with E-state index in [1.165, 1.54) is 10.9 Å². The zero-order chi connectivity index (χ0) is 11.8. The molecule has 1 aromatic carbocycles. The normalized spacial score (nSPS) is 14.2. The second-order valence-electron chi connectivity index (χ2n) is 4.62. The van der Waals surface area contributed by atoms with Crippen molar-refractivity contribution < 1.29 is 0 Å². The van der Waals surface area contributed by atoms with Crippen molar-refractivity contribution >= 4 is 10.9 Å². The van der Waals surface area contributed by atoms with Crippen molar-refractivity contribution in [2.75, 3.05) is 6.54 Å². The monoisotopic (exact) mass is 228 g/mol. The molecule has 1 aliphatic heterocycles. The van der Waals surface area contributed by atoms with Gasteiger partial charge in [-0.05, 0) is 42.8 Å². The van der Waals surface area contributed by atoms with E-state index in [1.54, 1.807) is 0 Å². The van der Waals surface area contributed by atoms with E-state index in [0.29, 0.717) is 13.0 Å². The Kier molecular flexibility index (Phi) is 2.48. The molecule has 3 heteroatoms. The first-order valence-electron chi connectivity index (χ1n) is 6.15. The van der Waals surface area contributed by atoms with E-state index in [-0.39, 0.29) is 5.56 Å². The molecule has 0 saturated heterocycles. The van der Waals surface area contributed by atoms with Crippen LogP contribution in [0.2, 0.25) is 0 Å². The molecule has 0 amide bonds. The number of pyridine rings is 1. The van der Waals surface area contributed by atoms with Gasteiger partial charge in [0.1, 0.15) is 0 Å². The molecule has 1 aliphatic rings. The highest BCUT2D eigenvalue weighted by Gasteiger charge is 2.15. The Morgan fingerprint density at radius 1 is 1.35 bits per heavy atom. The summed E-state index contributed by atoms with van der Waals surface area (Å²) >= 11 is 0. The molecular weight excluding hydrogens is 212 g/mol. The van der Waals surface area contributed by atoms with E-state index in [2.05, 4.69) is 18.2 Å². The summed E-state index contributed by atoms with van der Waals surface area (Å²) in [6.45, 7) is 1.37. The maximum absolute atomic E-state index is 12.3. The Labute approximate surface area is 99.9 Å². The Hall–Kier alpha value is -1.61. The van der Waals surface area contributed by atoms with Crippen molar-refractivity contribution in [1.29, 1.82) is 0 Å². The summed E-state index contributed by atoms with van der Waals surface area (Å²) in [4.78, 5) is 12.3. The SMILES string of the molecule is NCCc1cc2cccc3c2n(c1=O)CCC3. The summed E-state index contributed by atoms with van der Waals surface area (Å²) in [7, 11) is 0. The zero-order valence-electron chi connectivity index (χ0n) is 9.78. The van der Waals surface area contributed by atoms with E-state index in [4.69, 9.17) is 5.73 Å². The lowest BCUT2D eigenvalue weighted by atomic mass is 9.99. The van der Waals surface area contributed by atoms with Crippen LogP contribution in [0.4, 0.5) is 0 Å². The van der Waals surface area contributed by atoms with Crippen molar-refractivity contribution in [3.63, 3.8) is 0 Å². The first-order chi connectivity index (χ1) is 8.31. The van der Waals surface area contributed by atoms with Gasteiger partial charge in [-0.3, -0.25) is 4.79 Å². The van der Waals surface area contributed by atoms with Crippen LogP contribution in [0.5, 0.6) is 0 Å². The van der Waals surface area contributed by atoms with Gasteiger partial charge in [0.05, 0.1) is 5.52 Å². The van der Waals surface area contributed by atoms with Gasteiger partial charge in [-0.1, -0.05) is 18.2 Å². The van der Waals surface area contributed by atoms with E-state index in [1.807, 2.05) is 10.6 Å². The highest BCUT2D eigenvalue weighted by atomic mass is 16.1. The van der Waals surface area contributed by atoms with Crippen LogP contribution in [-0.2, 0) is 19.4 Å². The lowest BCUT2D eigenvalue weighted by molar-refractivity contribution is 0.611. The van der Waals surface area contributed by atoms with Crippen LogP contribution in [0, 0.1) is 0 Å². The number of nitrogens with zero attached hydrogens (tertiary/aromatic N) is 1. The molecule has 0 saturated carbocycles. The summed E-state index contributed by atoms with van der Waals surface area (Å²) in [6.07, 6.45) is 2.80. The van der Waals surface area contributed by atoms with Crippen LogP contribution in [0.1, 0.15) is 17.5 Å². The minimum atomic E-state index is 0.148. The quantitative estimate of drug-likeness (QED) is 0.845. The highest BCUT2D eigenvalue weighted by molar-refractivity contribution is 5.83. The van der Waals surface area contributed by atoms with Crippen molar-refractivity contribution in [3.05, 3.63) is 45.7 Å². The molecule has 88 valence electrons. The lowest BCUT2D eigenvalue weighted by Crippen LogP contribution is -2.28. The second kappa shape index (κ2) is 4.00. The third kappa shape index (κ3) is 1.58. The Balaban J connectivity index is 2.38. The molecule has 2 N–H and O–H groups in total. The molecule has 17 heavy (non-hydrogen) atoms. The van der Waals surface area contributed by atoms with Crippen LogP contribution in [0.25, 0.3) is 10.9 Å². The number of hydrogen-bond donors (Lipinski definition) is 1. The molecule has 0 aliphatic carbocycles. The van der Waals surface area contributed by atoms with Crippen LogP contribution in [-0.4, -0.2) is 11.1 Å². The van der Waals surface area contributed by atoms with Crippen LogP contribution in [0.3, 0.4) is 0 Å². The van der Waals surface area contributed by atoms with Crippen molar-refractivity contribution in [1.82, 2.24) is 4.57 Å². The molecule has 0 bridgehead atoms. The van der Waals surface area contributed by atoms with Crippen molar-refractivity contribution in [2.45, 2.75) is 25.8 Å². The van der Waals surface area contributed by atoms with Gasteiger partial charge < -0.3 is 10.3 Å². The third-order valence-electron chi connectivity index (χ3n) is 3.51. The van der Waals surface area contributed by atoms with Gasteiger partial charge in [0.15, 0.2) is 0 Å². The summed E-state index contributed by atoms with van der Waals surface area (Å²) in [5.41, 5.74) is 8.98. The Morgan fingerprint density at radius 3 is 3.06 bits per heavy atom. The molecule has 0 fully saturated rings. The summed E-state index contributed by atoms with van der Waals surface area (Å²) in [5, 5.41) is 1.17. The third-order valence-corrected chi connectivity index (χ3v) is 3.51. The van der Waals surface area contributed by atoms with Gasteiger partial charge in [0.25, 0.3) is 5.56 Å². The molecule has 3 nitrogen and oxygen atoms in total. The van der Waals surface area contributed by atoms with Gasteiger partial charge in [-0.25, -0.2) is 0 Å². The molecule has 0 unspecified atom stereocenters. The van der Waals surface area contributed by atoms with Gasteiger partial charge in [-0.2, -0.15) is 0 Å². The molecule has 2 heterocycles. The van der Waals surface area contributed by atoms with E-state index in [9.17, 15) is 4.79 Å². The average Bonchev–Trinajstić information content (AvgIpc) is 2.36. The van der Waals surface area contributed by atoms with E-state index in [0.717, 1.165) is 30.5 Å². The molecular formula is C14H16N2O. The number of benzene rings is 1. The maximum atomic E-state index is 12.3. The summed E-state index contributed by atoms with van der Waals surface area (Å²) in [6, 6.07) is 8.29. The first-order valence-corrected chi connectivity index (χ1v) is 6.15. The smallest absolute Gasteiger partial charge is 0.254 e. The largest absolute Gasteiger partial charge is 0.330 e. The predicted octanol–water partition coefficient (Wildman–Crippen LogP) is 1.45. The zero-order valence-corrected chi connectivity index (χ0v) is 9.78. The number of aromatic nitrogens is 1. The fourth-order valence-corrected chi connectivity index (χ4v) is 2.76. The number of nitrogens with two attached hydrogens (primary N) is 1. The van der Waals surface area contributed by atoms with E-state index >= 15 is 0 Å². The Morgan fingerprint density at radius 2 is 2.24 bits per heavy atom. The second-order valence-corrected chi connectivity index (χ2v) is 4.62. The standard InChI is InChI=1S/C14H16N2O/c15-7-6-12-9-11-4-1-3-10-5-2-8-16(13(10)11)14(12)17/h1,3-4,9H,2,5-8,15H2. The van der Waals surface area contributed by atoms with Gasteiger partial charge in [-0.15, -0.1) is 0 Å². The summed E-state index contributed by atoms with van der Waals surface area (Å²) in [5.74, 6) is 0. The Bertz CT molecular complexity index is 628. The van der Waals surface area contributed by atoms with Gasteiger partial charge >= 0.3 is 0 Å². The van der Waals surface area contributed by atoms with Crippen LogP contribution in [0.15, 0.2) is 29.1 Å². The molecule has 2 aromatic rings. The number of hydrogen-bond acceptors (Lipinski definition) is 2. The van der Waals surface area contributed by atoms with Gasteiger partial charge in [0, 0.05) is 12.1 Å². The lowest BCUT2D eigenvalue weighted by Gasteiger charge is -2.20. The molecule has 1 aromatic heterocycles. The molecule has 0 atom stereocenters. The number of aryl methyl sites for hydroxylation is 2. The molecule has 0 spiro atoms. The highest BCUT2D eigenvalue weighted by Crippen LogP contribution is 2.23. The summed E-state index contributed by atoms with van der Waals surface area (Å²) < 4.78 is 1.93. The fourth-order valence-electron chi connectivity index (χ4n) is 2.76. The first kappa shape index (κ1) is 10.5. The van der Waals surface area contributed by atoms with E-state index < -0.39 is 0 Å². The van der Waals surface area contributed by atoms with Crippen molar-refractivity contribution in [2.24, 2.45) is 5.73 Å². The van der Waals surface area contributed by atoms with Crippen LogP contribution >= 0.6 is 0 Å². The van der Waals surface area contributed by atoms with Crippen molar-refractivity contribution in [3.8, 4) is 0 Å². The number of para-hydroxylation sites is 1. The molecule has 3 rings (SSSR count). The maximum Gasteiger partial charge on any atom is 0.254 e. The fraction of sp³-hybridized carbons (Fsp3) is 0.357. The predicted molar refractivity (Wildman–Crippen MR) is 69.3 cm³/mol. The topological polar surface area (TPSA) is 48.0 Å². The average molecular weight is 228 g/mol. The number of rotatable bonds is 2. The minimum Gasteiger partial charge on any atom is -0.330 e. The molecule has 0 radical (unpaired) electrons. The van der Waals surface area contributed by atoms with Gasteiger partial charge in [0.2, 0.25) is 0 Å². The van der Waals surface area contributed by atoms with Crippen LogP contribution < -0.4 is 11.3 Å². The minimum absolute atomic E-state index is 0.148.